The van der Waals surface area contributed by atoms with E-state index in [-0.39, 0.29) is 24.1 Å². The maximum Gasteiger partial charge on any atom is 0.234 e. The average Bonchev–Trinajstić information content (AvgIpc) is 3.50. The number of halogens is 2. The van der Waals surface area contributed by atoms with E-state index in [1.807, 2.05) is 79.7 Å². The van der Waals surface area contributed by atoms with Crippen molar-refractivity contribution in [2.24, 2.45) is 11.8 Å². The molecule has 6 heteroatoms. The number of imide groups is 1. The topological polar surface area (TPSA) is 54.5 Å². The fourth-order valence-corrected chi connectivity index (χ4v) is 9.08. The molecule has 2 bridgehead atoms. The van der Waals surface area contributed by atoms with Crippen molar-refractivity contribution in [3.8, 4) is 0 Å². The van der Waals surface area contributed by atoms with Crippen LogP contribution in [0.25, 0.3) is 21.5 Å². The zero-order chi connectivity index (χ0) is 28.3. The largest absolute Gasteiger partial charge is 0.297 e. The number of hydrogen-bond acceptors (Lipinski definition) is 3. The summed E-state index contributed by atoms with van der Waals surface area (Å²) >= 11 is 7.34. The molecule has 200 valence electrons. The quantitative estimate of drug-likeness (QED) is 0.150. The fraction of sp³-hybridized carbons (Fsp3) is 0.171. The number of hydrogen-bond donors (Lipinski definition) is 0. The molecular formula is C35H23Br2NO3. The SMILES string of the molecule is CCN1C(=O)[C@@H]2[C@H](C1=O)[C@@]1(c3ccccc3)C(=O)[C@]2(c2ccccc2)c2c1c1ccc(Br)cc1c1cc(Br)ccc21. The van der Waals surface area contributed by atoms with E-state index in [1.165, 1.54) is 4.90 Å². The maximum atomic E-state index is 15.6. The summed E-state index contributed by atoms with van der Waals surface area (Å²) in [5, 5.41) is 3.85. The maximum absolute atomic E-state index is 15.6. The van der Waals surface area contributed by atoms with Crippen molar-refractivity contribution in [1.29, 1.82) is 0 Å². The van der Waals surface area contributed by atoms with E-state index in [0.717, 1.165) is 52.7 Å². The van der Waals surface area contributed by atoms with E-state index in [1.54, 1.807) is 0 Å². The van der Waals surface area contributed by atoms with Crippen LogP contribution in [0.5, 0.6) is 0 Å². The molecule has 2 amide bonds. The molecule has 5 aromatic carbocycles. The van der Waals surface area contributed by atoms with Gasteiger partial charge in [0.25, 0.3) is 0 Å². The first-order chi connectivity index (χ1) is 19.9. The minimum atomic E-state index is -1.32. The molecule has 3 aliphatic rings. The van der Waals surface area contributed by atoms with Crippen LogP contribution in [0.1, 0.15) is 29.2 Å². The minimum absolute atomic E-state index is 0.0792. The van der Waals surface area contributed by atoms with Crippen molar-refractivity contribution < 1.29 is 14.4 Å². The lowest BCUT2D eigenvalue weighted by atomic mass is 9.59. The summed E-state index contributed by atoms with van der Waals surface area (Å²) in [7, 11) is 0. The molecule has 0 aromatic heterocycles. The molecule has 0 spiro atoms. The van der Waals surface area contributed by atoms with Gasteiger partial charge in [-0.15, -0.1) is 0 Å². The smallest absolute Gasteiger partial charge is 0.234 e. The highest BCUT2D eigenvalue weighted by molar-refractivity contribution is 9.10. The first-order valence-electron chi connectivity index (χ1n) is 13.7. The molecule has 5 aromatic rings. The number of ketones is 1. The number of fused-ring (bicyclic) bond motifs is 13. The summed E-state index contributed by atoms with van der Waals surface area (Å²) in [6.07, 6.45) is 0. The van der Waals surface area contributed by atoms with Crippen LogP contribution < -0.4 is 0 Å². The lowest BCUT2D eigenvalue weighted by Gasteiger charge is -2.38. The average molecular weight is 665 g/mol. The van der Waals surface area contributed by atoms with E-state index >= 15 is 4.79 Å². The Morgan fingerprint density at radius 3 is 1.41 bits per heavy atom. The Morgan fingerprint density at radius 2 is 1.02 bits per heavy atom. The second kappa shape index (κ2) is 8.46. The van der Waals surface area contributed by atoms with Gasteiger partial charge in [-0.3, -0.25) is 19.3 Å². The molecule has 1 heterocycles. The van der Waals surface area contributed by atoms with Crippen LogP contribution in [0.3, 0.4) is 0 Å². The molecule has 0 radical (unpaired) electrons. The number of amides is 2. The summed E-state index contributed by atoms with van der Waals surface area (Å²) in [5.74, 6) is -2.27. The lowest BCUT2D eigenvalue weighted by Crippen LogP contribution is -2.44. The summed E-state index contributed by atoms with van der Waals surface area (Å²) < 4.78 is 1.85. The monoisotopic (exact) mass is 663 g/mol. The highest BCUT2D eigenvalue weighted by Crippen LogP contribution is 2.72. The molecule has 1 aliphatic heterocycles. The summed E-state index contributed by atoms with van der Waals surface area (Å²) in [6, 6.07) is 31.6. The molecular weight excluding hydrogens is 642 g/mol. The van der Waals surface area contributed by atoms with Crippen LogP contribution in [0.15, 0.2) is 106 Å². The van der Waals surface area contributed by atoms with Crippen molar-refractivity contribution in [2.45, 2.75) is 17.8 Å². The fourth-order valence-electron chi connectivity index (χ4n) is 8.36. The number of likely N-dealkylation sites (tertiary alicyclic amines) is 1. The molecule has 8 rings (SSSR count). The third kappa shape index (κ3) is 2.78. The predicted octanol–water partition coefficient (Wildman–Crippen LogP) is 7.31. The standard InChI is InChI=1S/C35H23Br2NO3/c1-2-38-31(39)29-30(32(38)40)35(20-11-7-4-8-12-20)28-24-16-14-22(37)18-26(24)25-17-21(36)13-15-23(25)27(28)34(29,33(35)41)19-9-5-3-6-10-19/h3-18,29-30H,2H2,1H3/t29-,30+,34+,35-. The van der Waals surface area contributed by atoms with Crippen LogP contribution >= 0.6 is 31.9 Å². The second-order valence-electron chi connectivity index (χ2n) is 11.2. The Hall–Kier alpha value is -3.61. The van der Waals surface area contributed by atoms with Crippen LogP contribution in [0, 0.1) is 11.8 Å². The molecule has 0 unspecified atom stereocenters. The minimum Gasteiger partial charge on any atom is -0.297 e. The van der Waals surface area contributed by atoms with Gasteiger partial charge in [0.15, 0.2) is 5.78 Å². The summed E-state index contributed by atoms with van der Waals surface area (Å²) in [4.78, 5) is 45.8. The van der Waals surface area contributed by atoms with Crippen molar-refractivity contribution >= 4 is 71.0 Å². The van der Waals surface area contributed by atoms with E-state index in [0.29, 0.717) is 0 Å². The Balaban J connectivity index is 1.69. The van der Waals surface area contributed by atoms with Crippen LogP contribution in [-0.4, -0.2) is 29.0 Å². The van der Waals surface area contributed by atoms with Gasteiger partial charge in [-0.2, -0.15) is 0 Å². The van der Waals surface area contributed by atoms with Gasteiger partial charge in [0, 0.05) is 15.5 Å². The molecule has 41 heavy (non-hydrogen) atoms. The predicted molar refractivity (Wildman–Crippen MR) is 166 cm³/mol. The van der Waals surface area contributed by atoms with Gasteiger partial charge in [-0.05, 0) is 75.0 Å². The van der Waals surface area contributed by atoms with Crippen LogP contribution in [0.2, 0.25) is 0 Å². The van der Waals surface area contributed by atoms with E-state index in [2.05, 4.69) is 56.1 Å². The molecule has 4 nitrogen and oxygen atoms in total. The van der Waals surface area contributed by atoms with Gasteiger partial charge >= 0.3 is 0 Å². The number of Topliss-reactive ketones (excluding diaryl/α,β-unsaturated/α-hetero) is 1. The second-order valence-corrected chi connectivity index (χ2v) is 13.0. The highest BCUT2D eigenvalue weighted by atomic mass is 79.9. The molecule has 2 fully saturated rings. The third-order valence-electron chi connectivity index (χ3n) is 9.65. The Morgan fingerprint density at radius 1 is 0.610 bits per heavy atom. The molecule has 4 atom stereocenters. The van der Waals surface area contributed by atoms with Crippen molar-refractivity contribution in [1.82, 2.24) is 4.90 Å². The molecule has 0 N–H and O–H groups in total. The Kier molecular flexibility index (Phi) is 5.19. The number of nitrogens with zero attached hydrogens (tertiary/aromatic N) is 1. The zero-order valence-electron chi connectivity index (χ0n) is 22.0. The van der Waals surface area contributed by atoms with Gasteiger partial charge in [-0.1, -0.05) is 105 Å². The first-order valence-corrected chi connectivity index (χ1v) is 15.3. The van der Waals surface area contributed by atoms with Gasteiger partial charge in [0.1, 0.15) is 0 Å². The lowest BCUT2D eigenvalue weighted by molar-refractivity contribution is -0.143. The number of rotatable bonds is 3. The zero-order valence-corrected chi connectivity index (χ0v) is 25.2. The normalized spacial score (nSPS) is 26.3. The van der Waals surface area contributed by atoms with Crippen LogP contribution in [-0.2, 0) is 25.2 Å². The van der Waals surface area contributed by atoms with E-state index in [9.17, 15) is 9.59 Å². The van der Waals surface area contributed by atoms with Crippen LogP contribution in [0.4, 0.5) is 0 Å². The Bertz CT molecular complexity index is 1850. The van der Waals surface area contributed by atoms with Crippen molar-refractivity contribution in [3.63, 3.8) is 0 Å². The number of benzene rings is 5. The first kappa shape index (κ1) is 25.1. The van der Waals surface area contributed by atoms with Crippen molar-refractivity contribution in [2.75, 3.05) is 6.54 Å². The Labute approximate surface area is 253 Å². The molecule has 2 aliphatic carbocycles. The van der Waals surface area contributed by atoms with Gasteiger partial charge in [0.05, 0.1) is 22.7 Å². The molecule has 1 saturated heterocycles. The van der Waals surface area contributed by atoms with Crippen molar-refractivity contribution in [3.05, 3.63) is 128 Å². The highest BCUT2D eigenvalue weighted by Gasteiger charge is 2.82. The number of carbonyl (C=O) groups is 3. The summed E-state index contributed by atoms with van der Waals surface area (Å²) in [5.41, 5.74) is 0.598. The number of carbonyl (C=O) groups excluding carboxylic acids is 3. The van der Waals surface area contributed by atoms with Gasteiger partial charge in [-0.25, -0.2) is 0 Å². The molecule has 1 saturated carbocycles. The third-order valence-corrected chi connectivity index (χ3v) is 10.6. The van der Waals surface area contributed by atoms with E-state index in [4.69, 9.17) is 0 Å². The van der Waals surface area contributed by atoms with E-state index < -0.39 is 22.7 Å². The van der Waals surface area contributed by atoms with Gasteiger partial charge in [0.2, 0.25) is 11.8 Å². The van der Waals surface area contributed by atoms with Gasteiger partial charge < -0.3 is 0 Å². The summed E-state index contributed by atoms with van der Waals surface area (Å²) in [6.45, 7) is 2.10.